The summed E-state index contributed by atoms with van der Waals surface area (Å²) in [5.41, 5.74) is -0.896. The number of carboxylic acid groups (broad SMARTS) is 1. The Morgan fingerprint density at radius 2 is 2.06 bits per heavy atom. The number of hydrogen-bond acceptors (Lipinski definition) is 4. The molecule has 0 aliphatic carbocycles. The average Bonchev–Trinajstić information content (AvgIpc) is 2.26. The number of carboxylic acids is 1. The summed E-state index contributed by atoms with van der Waals surface area (Å²) >= 11 is 1.19. The zero-order chi connectivity index (χ0) is 13.1. The summed E-state index contributed by atoms with van der Waals surface area (Å²) < 4.78 is 0. The molecule has 6 heteroatoms. The zero-order valence-electron chi connectivity index (χ0n) is 9.54. The van der Waals surface area contributed by atoms with E-state index < -0.39 is 16.3 Å². The minimum atomic E-state index is -0.913. The van der Waals surface area contributed by atoms with Crippen molar-refractivity contribution in [3.05, 3.63) is 34.4 Å². The molecule has 1 rings (SSSR count). The maximum Gasteiger partial charge on any atom is 0.309 e. The first-order valence-electron chi connectivity index (χ1n) is 4.94. The fourth-order valence-electron chi connectivity index (χ4n) is 1.05. The summed E-state index contributed by atoms with van der Waals surface area (Å²) in [6.45, 7) is 3.19. The van der Waals surface area contributed by atoms with E-state index in [1.807, 2.05) is 0 Å². The largest absolute Gasteiger partial charge is 0.481 e. The third kappa shape index (κ3) is 3.45. The van der Waals surface area contributed by atoms with Gasteiger partial charge in [-0.05, 0) is 19.9 Å². The number of aliphatic carboxylic acids is 1. The van der Waals surface area contributed by atoms with E-state index in [0.29, 0.717) is 4.90 Å². The smallest absolute Gasteiger partial charge is 0.309 e. The predicted molar refractivity (Wildman–Crippen MR) is 65.2 cm³/mol. The molecule has 0 amide bonds. The van der Waals surface area contributed by atoms with Crippen LogP contribution in [0.15, 0.2) is 29.2 Å². The molecule has 17 heavy (non-hydrogen) atoms. The molecule has 92 valence electrons. The van der Waals surface area contributed by atoms with Gasteiger partial charge in [-0.1, -0.05) is 12.1 Å². The van der Waals surface area contributed by atoms with E-state index in [0.717, 1.165) is 0 Å². The van der Waals surface area contributed by atoms with Gasteiger partial charge < -0.3 is 5.11 Å². The molecule has 0 aromatic heterocycles. The number of nitro benzene ring substituents is 1. The fourth-order valence-corrected chi connectivity index (χ4v) is 2.16. The predicted octanol–water partition coefficient (Wildman–Crippen LogP) is 2.80. The van der Waals surface area contributed by atoms with Crippen LogP contribution in [0.5, 0.6) is 0 Å². The van der Waals surface area contributed by atoms with Gasteiger partial charge in [-0.2, -0.15) is 0 Å². The topological polar surface area (TPSA) is 80.4 Å². The Hall–Kier alpha value is -1.56. The lowest BCUT2D eigenvalue weighted by Crippen LogP contribution is -2.26. The van der Waals surface area contributed by atoms with Crippen molar-refractivity contribution in [2.45, 2.75) is 18.7 Å². The Kier molecular flexibility index (Phi) is 4.11. The third-order valence-electron chi connectivity index (χ3n) is 2.23. The van der Waals surface area contributed by atoms with E-state index in [-0.39, 0.29) is 11.4 Å². The molecule has 1 aromatic rings. The molecule has 0 saturated carbocycles. The Balaban J connectivity index is 2.83. The number of thioether (sulfide) groups is 1. The van der Waals surface area contributed by atoms with Gasteiger partial charge >= 0.3 is 5.97 Å². The first kappa shape index (κ1) is 13.5. The number of rotatable bonds is 5. The number of nitrogens with zero attached hydrogens (tertiary/aromatic N) is 1. The highest BCUT2D eigenvalue weighted by Crippen LogP contribution is 2.33. The van der Waals surface area contributed by atoms with Crippen LogP contribution in [0.2, 0.25) is 0 Å². The molecule has 0 heterocycles. The van der Waals surface area contributed by atoms with Crippen molar-refractivity contribution in [1.82, 2.24) is 0 Å². The first-order valence-corrected chi connectivity index (χ1v) is 5.93. The van der Waals surface area contributed by atoms with E-state index in [4.69, 9.17) is 5.11 Å². The van der Waals surface area contributed by atoms with E-state index in [1.165, 1.54) is 17.8 Å². The van der Waals surface area contributed by atoms with Crippen molar-refractivity contribution >= 4 is 23.4 Å². The second-order valence-corrected chi connectivity index (χ2v) is 5.22. The Morgan fingerprint density at radius 1 is 1.47 bits per heavy atom. The highest BCUT2D eigenvalue weighted by atomic mass is 32.2. The second kappa shape index (κ2) is 5.18. The molecule has 0 spiro atoms. The van der Waals surface area contributed by atoms with Crippen LogP contribution in [0.3, 0.4) is 0 Å². The van der Waals surface area contributed by atoms with Crippen molar-refractivity contribution < 1.29 is 14.8 Å². The standard InChI is InChI=1S/C11H13NO4S/c1-11(2,10(13)14)7-17-9-6-4-3-5-8(9)12(15)16/h3-6H,7H2,1-2H3,(H,13,14). The van der Waals surface area contributed by atoms with Gasteiger partial charge in [0.05, 0.1) is 15.2 Å². The normalized spacial score (nSPS) is 11.2. The van der Waals surface area contributed by atoms with Crippen LogP contribution in [-0.4, -0.2) is 21.8 Å². The highest BCUT2D eigenvalue weighted by molar-refractivity contribution is 7.99. The number of para-hydroxylation sites is 1. The molecule has 0 atom stereocenters. The molecular weight excluding hydrogens is 242 g/mol. The van der Waals surface area contributed by atoms with Gasteiger partial charge in [0.15, 0.2) is 0 Å². The Bertz CT molecular complexity index is 445. The van der Waals surface area contributed by atoms with Crippen molar-refractivity contribution in [1.29, 1.82) is 0 Å². The minimum Gasteiger partial charge on any atom is -0.481 e. The van der Waals surface area contributed by atoms with E-state index in [2.05, 4.69) is 0 Å². The van der Waals surface area contributed by atoms with Crippen LogP contribution >= 0.6 is 11.8 Å². The van der Waals surface area contributed by atoms with Crippen molar-refractivity contribution in [2.75, 3.05) is 5.75 Å². The molecule has 0 bridgehead atoms. The molecule has 0 aliphatic rings. The van der Waals surface area contributed by atoms with Crippen LogP contribution in [-0.2, 0) is 4.79 Å². The van der Waals surface area contributed by atoms with Crippen LogP contribution in [0.25, 0.3) is 0 Å². The van der Waals surface area contributed by atoms with Crippen LogP contribution in [0.1, 0.15) is 13.8 Å². The lowest BCUT2D eigenvalue weighted by atomic mass is 9.97. The van der Waals surface area contributed by atoms with E-state index >= 15 is 0 Å². The summed E-state index contributed by atoms with van der Waals surface area (Å²) in [5, 5.41) is 19.7. The van der Waals surface area contributed by atoms with Crippen molar-refractivity contribution in [3.8, 4) is 0 Å². The van der Waals surface area contributed by atoms with Crippen molar-refractivity contribution in [2.24, 2.45) is 5.41 Å². The molecule has 1 aromatic carbocycles. The molecule has 0 radical (unpaired) electrons. The van der Waals surface area contributed by atoms with Crippen LogP contribution in [0, 0.1) is 15.5 Å². The summed E-state index contributed by atoms with van der Waals surface area (Å²) in [4.78, 5) is 21.7. The van der Waals surface area contributed by atoms with Crippen LogP contribution in [0.4, 0.5) is 5.69 Å². The minimum absolute atomic E-state index is 0.0127. The maximum atomic E-state index is 10.9. The number of hydrogen-bond donors (Lipinski definition) is 1. The zero-order valence-corrected chi connectivity index (χ0v) is 10.4. The lowest BCUT2D eigenvalue weighted by molar-refractivity contribution is -0.387. The van der Waals surface area contributed by atoms with Gasteiger partial charge in [-0.25, -0.2) is 0 Å². The van der Waals surface area contributed by atoms with Gasteiger partial charge in [0, 0.05) is 11.8 Å². The molecule has 0 fully saturated rings. The van der Waals surface area contributed by atoms with Crippen LogP contribution < -0.4 is 0 Å². The number of nitro groups is 1. The summed E-state index contributed by atoms with van der Waals surface area (Å²) in [6, 6.07) is 6.32. The first-order chi connectivity index (χ1) is 7.84. The highest BCUT2D eigenvalue weighted by Gasteiger charge is 2.28. The lowest BCUT2D eigenvalue weighted by Gasteiger charge is -2.17. The summed E-state index contributed by atoms with van der Waals surface area (Å²) in [5.74, 6) is -0.628. The average molecular weight is 255 g/mol. The Morgan fingerprint density at radius 3 is 2.59 bits per heavy atom. The number of carbonyl (C=O) groups is 1. The summed E-state index contributed by atoms with van der Waals surface area (Å²) in [6.07, 6.45) is 0. The van der Waals surface area contributed by atoms with Gasteiger partial charge in [-0.3, -0.25) is 14.9 Å². The van der Waals surface area contributed by atoms with Gasteiger partial charge in [0.25, 0.3) is 5.69 Å². The summed E-state index contributed by atoms with van der Waals surface area (Å²) in [7, 11) is 0. The fraction of sp³-hybridized carbons (Fsp3) is 0.364. The van der Waals surface area contributed by atoms with Gasteiger partial charge in [0.1, 0.15) is 0 Å². The quantitative estimate of drug-likeness (QED) is 0.497. The molecular formula is C11H13NO4S. The second-order valence-electron chi connectivity index (χ2n) is 4.20. The monoisotopic (exact) mass is 255 g/mol. The molecule has 0 unspecified atom stereocenters. The van der Waals surface area contributed by atoms with E-state index in [9.17, 15) is 14.9 Å². The van der Waals surface area contributed by atoms with Crippen molar-refractivity contribution in [3.63, 3.8) is 0 Å². The maximum absolute atomic E-state index is 10.9. The number of benzene rings is 1. The molecule has 1 N–H and O–H groups in total. The van der Waals surface area contributed by atoms with E-state index in [1.54, 1.807) is 32.0 Å². The Labute approximate surface area is 103 Å². The third-order valence-corrected chi connectivity index (χ3v) is 3.75. The molecule has 0 aliphatic heterocycles. The van der Waals surface area contributed by atoms with Gasteiger partial charge in [0.2, 0.25) is 0 Å². The molecule has 0 saturated heterocycles. The van der Waals surface area contributed by atoms with Gasteiger partial charge in [-0.15, -0.1) is 11.8 Å². The molecule has 5 nitrogen and oxygen atoms in total. The SMILES string of the molecule is CC(C)(CSc1ccccc1[N+](=O)[O-])C(=O)O.